The van der Waals surface area contributed by atoms with Crippen LogP contribution in [0, 0.1) is 13.8 Å². The summed E-state index contributed by atoms with van der Waals surface area (Å²) in [6.45, 7) is 3.64. The van der Waals surface area contributed by atoms with E-state index in [0.717, 1.165) is 11.3 Å². The van der Waals surface area contributed by atoms with E-state index in [-0.39, 0.29) is 5.56 Å². The van der Waals surface area contributed by atoms with Crippen molar-refractivity contribution in [1.82, 2.24) is 9.97 Å². The number of aryl methyl sites for hydroxylation is 2. The molecule has 2 rings (SSSR count). The fourth-order valence-corrected chi connectivity index (χ4v) is 1.64. The Labute approximate surface area is 104 Å². The van der Waals surface area contributed by atoms with Crippen LogP contribution in [0.1, 0.15) is 11.1 Å². The van der Waals surface area contributed by atoms with Gasteiger partial charge in [-0.2, -0.15) is 0 Å². The zero-order valence-corrected chi connectivity index (χ0v) is 10.3. The first-order chi connectivity index (χ1) is 8.06. The molecule has 0 radical (unpaired) electrons. The number of aromatic amines is 1. The molecular weight excluding hydrogens is 238 g/mol. The summed E-state index contributed by atoms with van der Waals surface area (Å²) < 4.78 is 0. The maximum atomic E-state index is 11.4. The molecule has 0 bridgehead atoms. The fraction of sp³-hybridized carbons (Fsp3) is 0.167. The van der Waals surface area contributed by atoms with Crippen molar-refractivity contribution < 1.29 is 0 Å². The van der Waals surface area contributed by atoms with Crippen molar-refractivity contribution >= 4 is 23.2 Å². The van der Waals surface area contributed by atoms with Crippen molar-refractivity contribution in [2.24, 2.45) is 0 Å². The minimum Gasteiger partial charge on any atom is -0.325 e. The molecule has 17 heavy (non-hydrogen) atoms. The van der Waals surface area contributed by atoms with E-state index in [2.05, 4.69) is 15.3 Å². The molecule has 0 aliphatic rings. The summed E-state index contributed by atoms with van der Waals surface area (Å²) in [5.41, 5.74) is 2.29. The summed E-state index contributed by atoms with van der Waals surface area (Å²) >= 11 is 5.86. The lowest BCUT2D eigenvalue weighted by atomic mass is 10.2. The van der Waals surface area contributed by atoms with Gasteiger partial charge in [-0.15, -0.1) is 0 Å². The van der Waals surface area contributed by atoms with Gasteiger partial charge in [0, 0.05) is 22.5 Å². The number of anilines is 2. The zero-order valence-electron chi connectivity index (χ0n) is 9.54. The predicted molar refractivity (Wildman–Crippen MR) is 69.1 cm³/mol. The molecular formula is C12H12ClN3O. The lowest BCUT2D eigenvalue weighted by Crippen LogP contribution is -2.12. The van der Waals surface area contributed by atoms with Crippen LogP contribution in [0.4, 0.5) is 11.6 Å². The minimum absolute atomic E-state index is 0.144. The normalized spacial score (nSPS) is 10.3. The van der Waals surface area contributed by atoms with Crippen molar-refractivity contribution in [3.63, 3.8) is 0 Å². The van der Waals surface area contributed by atoms with Crippen molar-refractivity contribution in [1.29, 1.82) is 0 Å². The summed E-state index contributed by atoms with van der Waals surface area (Å²) in [5.74, 6) is 0.422. The van der Waals surface area contributed by atoms with Gasteiger partial charge in [-0.05, 0) is 37.6 Å². The second kappa shape index (κ2) is 4.59. The number of halogens is 1. The smallest absolute Gasteiger partial charge is 0.255 e. The second-order valence-corrected chi connectivity index (χ2v) is 4.26. The number of aromatic nitrogens is 2. The SMILES string of the molecule is Cc1cc(Cl)ccc1Nc1ncc(C)c(=O)[nH]1. The Kier molecular flexibility index (Phi) is 3.15. The average molecular weight is 250 g/mol. The van der Waals surface area contributed by atoms with Crippen LogP contribution in [-0.2, 0) is 0 Å². The van der Waals surface area contributed by atoms with Crippen molar-refractivity contribution in [2.45, 2.75) is 13.8 Å². The zero-order chi connectivity index (χ0) is 12.4. The van der Waals surface area contributed by atoms with E-state index in [0.29, 0.717) is 16.5 Å². The van der Waals surface area contributed by atoms with E-state index < -0.39 is 0 Å². The second-order valence-electron chi connectivity index (χ2n) is 3.83. The molecule has 4 nitrogen and oxygen atoms in total. The average Bonchev–Trinajstić information content (AvgIpc) is 2.27. The molecule has 0 aliphatic heterocycles. The summed E-state index contributed by atoms with van der Waals surface area (Å²) in [6, 6.07) is 5.47. The summed E-state index contributed by atoms with van der Waals surface area (Å²) in [4.78, 5) is 18.2. The van der Waals surface area contributed by atoms with Crippen LogP contribution in [0.15, 0.2) is 29.2 Å². The molecule has 1 aromatic heterocycles. The molecule has 1 heterocycles. The molecule has 2 N–H and O–H groups in total. The van der Waals surface area contributed by atoms with E-state index in [1.165, 1.54) is 6.20 Å². The molecule has 0 saturated carbocycles. The van der Waals surface area contributed by atoms with Gasteiger partial charge in [-0.1, -0.05) is 11.6 Å². The van der Waals surface area contributed by atoms with Gasteiger partial charge in [0.25, 0.3) is 5.56 Å². The van der Waals surface area contributed by atoms with Crippen LogP contribution < -0.4 is 10.9 Å². The highest BCUT2D eigenvalue weighted by atomic mass is 35.5. The first-order valence-corrected chi connectivity index (χ1v) is 5.53. The highest BCUT2D eigenvalue weighted by Crippen LogP contribution is 2.21. The quantitative estimate of drug-likeness (QED) is 0.861. The Morgan fingerprint density at radius 1 is 1.29 bits per heavy atom. The van der Waals surface area contributed by atoms with E-state index in [1.54, 1.807) is 13.0 Å². The third-order valence-electron chi connectivity index (χ3n) is 2.42. The van der Waals surface area contributed by atoms with E-state index in [4.69, 9.17) is 11.6 Å². The number of nitrogens with one attached hydrogen (secondary N) is 2. The van der Waals surface area contributed by atoms with Crippen LogP contribution in [0.25, 0.3) is 0 Å². The maximum absolute atomic E-state index is 11.4. The molecule has 5 heteroatoms. The van der Waals surface area contributed by atoms with E-state index in [9.17, 15) is 4.79 Å². The van der Waals surface area contributed by atoms with Crippen molar-refractivity contribution in [2.75, 3.05) is 5.32 Å². The molecule has 1 aromatic carbocycles. The first-order valence-electron chi connectivity index (χ1n) is 5.15. The van der Waals surface area contributed by atoms with E-state index >= 15 is 0 Å². The van der Waals surface area contributed by atoms with Crippen LogP contribution >= 0.6 is 11.6 Å². The topological polar surface area (TPSA) is 57.8 Å². The maximum Gasteiger partial charge on any atom is 0.255 e. The van der Waals surface area contributed by atoms with Gasteiger partial charge >= 0.3 is 0 Å². The van der Waals surface area contributed by atoms with E-state index in [1.807, 2.05) is 19.1 Å². The lowest BCUT2D eigenvalue weighted by molar-refractivity contribution is 1.08. The molecule has 0 saturated heterocycles. The van der Waals surface area contributed by atoms with Crippen LogP contribution in [-0.4, -0.2) is 9.97 Å². The van der Waals surface area contributed by atoms with Crippen LogP contribution in [0.2, 0.25) is 5.02 Å². The number of hydrogen-bond donors (Lipinski definition) is 2. The Bertz CT molecular complexity index is 607. The number of benzene rings is 1. The molecule has 0 fully saturated rings. The number of H-pyrrole nitrogens is 1. The van der Waals surface area contributed by atoms with Crippen LogP contribution in [0.3, 0.4) is 0 Å². The van der Waals surface area contributed by atoms with Gasteiger partial charge in [-0.3, -0.25) is 9.78 Å². The third-order valence-corrected chi connectivity index (χ3v) is 2.65. The lowest BCUT2D eigenvalue weighted by Gasteiger charge is -2.08. The summed E-state index contributed by atoms with van der Waals surface area (Å²) in [6.07, 6.45) is 1.53. The van der Waals surface area contributed by atoms with Gasteiger partial charge in [0.15, 0.2) is 0 Å². The number of rotatable bonds is 2. The van der Waals surface area contributed by atoms with Crippen LogP contribution in [0.5, 0.6) is 0 Å². The molecule has 0 unspecified atom stereocenters. The molecule has 0 atom stereocenters. The number of hydrogen-bond acceptors (Lipinski definition) is 3. The monoisotopic (exact) mass is 249 g/mol. The minimum atomic E-state index is -0.144. The Hall–Kier alpha value is -1.81. The Morgan fingerprint density at radius 2 is 2.06 bits per heavy atom. The standard InChI is InChI=1S/C12H12ClN3O/c1-7-5-9(13)3-4-10(7)15-12-14-6-8(2)11(17)16-12/h3-6H,1-2H3,(H2,14,15,16,17). The first kappa shape index (κ1) is 11.7. The van der Waals surface area contributed by atoms with Gasteiger partial charge in [-0.25, -0.2) is 4.98 Å². The highest BCUT2D eigenvalue weighted by Gasteiger charge is 2.02. The molecule has 88 valence electrons. The fourth-order valence-electron chi connectivity index (χ4n) is 1.42. The predicted octanol–water partition coefficient (Wildman–Crippen LogP) is 2.78. The van der Waals surface area contributed by atoms with Crippen molar-refractivity contribution in [3.8, 4) is 0 Å². The Morgan fingerprint density at radius 3 is 2.71 bits per heavy atom. The van der Waals surface area contributed by atoms with Gasteiger partial charge in [0.2, 0.25) is 5.95 Å². The number of nitrogens with zero attached hydrogens (tertiary/aromatic N) is 1. The summed E-state index contributed by atoms with van der Waals surface area (Å²) in [5, 5.41) is 3.72. The highest BCUT2D eigenvalue weighted by molar-refractivity contribution is 6.30. The molecule has 0 aliphatic carbocycles. The molecule has 0 spiro atoms. The molecule has 0 amide bonds. The largest absolute Gasteiger partial charge is 0.325 e. The van der Waals surface area contributed by atoms with Gasteiger partial charge < -0.3 is 5.32 Å². The van der Waals surface area contributed by atoms with Crippen molar-refractivity contribution in [3.05, 3.63) is 50.9 Å². The van der Waals surface area contributed by atoms with Gasteiger partial charge in [0.05, 0.1) is 0 Å². The summed E-state index contributed by atoms with van der Waals surface area (Å²) in [7, 11) is 0. The Balaban J connectivity index is 2.31. The third kappa shape index (κ3) is 2.65. The molecule has 2 aromatic rings. The van der Waals surface area contributed by atoms with Gasteiger partial charge in [0.1, 0.15) is 0 Å².